The first kappa shape index (κ1) is 16.3. The van der Waals surface area contributed by atoms with E-state index in [0.717, 1.165) is 61.0 Å². The number of H-pyrrole nitrogens is 1. The molecule has 7 nitrogen and oxygen atoms in total. The second kappa shape index (κ2) is 6.61. The Hall–Kier alpha value is -2.18. The van der Waals surface area contributed by atoms with Crippen molar-refractivity contribution in [2.75, 3.05) is 6.54 Å². The molecule has 1 fully saturated rings. The van der Waals surface area contributed by atoms with E-state index in [0.29, 0.717) is 6.42 Å². The summed E-state index contributed by atoms with van der Waals surface area (Å²) in [5, 5.41) is 16.1. The summed E-state index contributed by atoms with van der Waals surface area (Å²) in [6, 6.07) is 0.0689. The molecule has 1 unspecified atom stereocenters. The van der Waals surface area contributed by atoms with E-state index in [4.69, 9.17) is 0 Å². The highest BCUT2D eigenvalue weighted by molar-refractivity contribution is 5.80. The molecule has 0 aromatic carbocycles. The Morgan fingerprint density at radius 1 is 1.16 bits per heavy atom. The van der Waals surface area contributed by atoms with Crippen molar-refractivity contribution in [3.8, 4) is 0 Å². The number of aryl methyl sites for hydroxylation is 3. The third kappa shape index (κ3) is 2.96. The lowest BCUT2D eigenvalue weighted by Gasteiger charge is -2.25. The second-order valence-corrected chi connectivity index (χ2v) is 7.27. The van der Waals surface area contributed by atoms with Gasteiger partial charge in [-0.2, -0.15) is 5.10 Å². The van der Waals surface area contributed by atoms with Crippen LogP contribution in [0.15, 0.2) is 0 Å². The molecule has 4 heterocycles. The molecule has 0 radical (unpaired) electrons. The largest absolute Gasteiger partial charge is 0.332 e. The molecule has 0 saturated carbocycles. The lowest BCUT2D eigenvalue weighted by atomic mass is 10.1. The lowest BCUT2D eigenvalue weighted by Crippen LogP contribution is -2.33. The summed E-state index contributed by atoms with van der Waals surface area (Å²) in [7, 11) is 0. The molecule has 7 heteroatoms. The van der Waals surface area contributed by atoms with Crippen LogP contribution in [0.2, 0.25) is 0 Å². The molecule has 2 aliphatic rings. The fourth-order valence-corrected chi connectivity index (χ4v) is 4.17. The van der Waals surface area contributed by atoms with Crippen LogP contribution in [-0.4, -0.2) is 42.3 Å². The Morgan fingerprint density at radius 2 is 2.04 bits per heavy atom. The molecule has 1 amide bonds. The number of nitrogens with zero attached hydrogens (tertiary/aromatic N) is 5. The normalized spacial score (nSPS) is 20.6. The summed E-state index contributed by atoms with van der Waals surface area (Å²) < 4.78 is 2.28. The first-order valence-corrected chi connectivity index (χ1v) is 9.37. The van der Waals surface area contributed by atoms with Crippen LogP contribution < -0.4 is 0 Å². The average molecular weight is 342 g/mol. The van der Waals surface area contributed by atoms with Crippen LogP contribution in [-0.2, 0) is 24.2 Å². The molecule has 134 valence electrons. The minimum Gasteiger partial charge on any atom is -0.332 e. The predicted octanol–water partition coefficient (Wildman–Crippen LogP) is 2.25. The van der Waals surface area contributed by atoms with Gasteiger partial charge in [0, 0.05) is 30.8 Å². The Labute approximate surface area is 147 Å². The maximum absolute atomic E-state index is 13.0. The van der Waals surface area contributed by atoms with E-state index in [1.54, 1.807) is 0 Å². The number of fused-ring (bicyclic) bond motifs is 1. The number of nitrogens with one attached hydrogen (secondary N) is 1. The number of rotatable bonds is 3. The highest BCUT2D eigenvalue weighted by Gasteiger charge is 2.34. The minimum absolute atomic E-state index is 0.0689. The predicted molar refractivity (Wildman–Crippen MR) is 93.0 cm³/mol. The summed E-state index contributed by atoms with van der Waals surface area (Å²) in [6.07, 6.45) is 7.02. The standard InChI is InChI=1S/C18H26N6O/c1-12-14(13(2)20-19-12)11-17(25)23-10-6-7-15(23)18-22-21-16-8-4-3-5-9-24(16)18/h15H,3-11H2,1-2H3,(H,19,20). The van der Waals surface area contributed by atoms with Crippen molar-refractivity contribution in [1.29, 1.82) is 0 Å². The van der Waals surface area contributed by atoms with Gasteiger partial charge in [0.1, 0.15) is 5.82 Å². The zero-order chi connectivity index (χ0) is 17.4. The van der Waals surface area contributed by atoms with E-state index < -0.39 is 0 Å². The van der Waals surface area contributed by atoms with E-state index in [9.17, 15) is 4.79 Å². The van der Waals surface area contributed by atoms with Gasteiger partial charge in [0.2, 0.25) is 5.91 Å². The molecule has 25 heavy (non-hydrogen) atoms. The maximum atomic E-state index is 13.0. The minimum atomic E-state index is 0.0689. The second-order valence-electron chi connectivity index (χ2n) is 7.27. The van der Waals surface area contributed by atoms with Crippen LogP contribution in [0.3, 0.4) is 0 Å². The van der Waals surface area contributed by atoms with Crippen molar-refractivity contribution in [3.05, 3.63) is 28.6 Å². The van der Waals surface area contributed by atoms with Gasteiger partial charge in [0.25, 0.3) is 0 Å². The fourth-order valence-electron chi connectivity index (χ4n) is 4.17. The van der Waals surface area contributed by atoms with E-state index in [1.165, 1.54) is 19.3 Å². The van der Waals surface area contributed by atoms with Crippen molar-refractivity contribution in [2.24, 2.45) is 0 Å². The first-order valence-electron chi connectivity index (χ1n) is 9.37. The molecule has 0 bridgehead atoms. The quantitative estimate of drug-likeness (QED) is 0.928. The summed E-state index contributed by atoms with van der Waals surface area (Å²) in [4.78, 5) is 15.0. The zero-order valence-electron chi connectivity index (χ0n) is 15.1. The lowest BCUT2D eigenvalue weighted by molar-refractivity contribution is -0.131. The monoisotopic (exact) mass is 342 g/mol. The number of carbonyl (C=O) groups excluding carboxylic acids is 1. The van der Waals surface area contributed by atoms with Crippen LogP contribution >= 0.6 is 0 Å². The van der Waals surface area contributed by atoms with E-state index >= 15 is 0 Å². The molecule has 0 spiro atoms. The molecule has 2 aromatic rings. The van der Waals surface area contributed by atoms with Gasteiger partial charge in [0.05, 0.1) is 18.2 Å². The third-order valence-corrected chi connectivity index (χ3v) is 5.62. The Bertz CT molecular complexity index is 757. The number of hydrogen-bond acceptors (Lipinski definition) is 4. The van der Waals surface area contributed by atoms with Gasteiger partial charge in [-0.15, -0.1) is 10.2 Å². The smallest absolute Gasteiger partial charge is 0.227 e. The number of hydrogen-bond donors (Lipinski definition) is 1. The molecule has 4 rings (SSSR count). The number of amides is 1. The van der Waals surface area contributed by atoms with Crippen LogP contribution in [0.1, 0.15) is 66.7 Å². The summed E-state index contributed by atoms with van der Waals surface area (Å²) >= 11 is 0. The Kier molecular flexibility index (Phi) is 4.31. The van der Waals surface area contributed by atoms with Crippen LogP contribution in [0.4, 0.5) is 0 Å². The SMILES string of the molecule is Cc1n[nH]c(C)c1CC(=O)N1CCCC1c1nnc2n1CCCCC2. The average Bonchev–Trinajstić information content (AvgIpc) is 3.26. The van der Waals surface area contributed by atoms with Crippen LogP contribution in [0, 0.1) is 13.8 Å². The number of aromatic amines is 1. The van der Waals surface area contributed by atoms with Gasteiger partial charge < -0.3 is 9.47 Å². The van der Waals surface area contributed by atoms with Crippen LogP contribution in [0.5, 0.6) is 0 Å². The van der Waals surface area contributed by atoms with Gasteiger partial charge in [-0.05, 0) is 39.5 Å². The first-order chi connectivity index (χ1) is 12.1. The van der Waals surface area contributed by atoms with Crippen molar-refractivity contribution >= 4 is 5.91 Å². The molecule has 2 aliphatic heterocycles. The van der Waals surface area contributed by atoms with Crippen molar-refractivity contribution in [1.82, 2.24) is 29.9 Å². The Balaban J connectivity index is 1.57. The fraction of sp³-hybridized carbons (Fsp3) is 0.667. The number of carbonyl (C=O) groups is 1. The van der Waals surface area contributed by atoms with E-state index in [2.05, 4.69) is 25.0 Å². The summed E-state index contributed by atoms with van der Waals surface area (Å²) in [5.41, 5.74) is 2.92. The Morgan fingerprint density at radius 3 is 2.84 bits per heavy atom. The van der Waals surface area contributed by atoms with Crippen molar-refractivity contribution in [3.63, 3.8) is 0 Å². The van der Waals surface area contributed by atoms with Gasteiger partial charge in [-0.3, -0.25) is 9.89 Å². The maximum Gasteiger partial charge on any atom is 0.227 e. The number of likely N-dealkylation sites (tertiary alicyclic amines) is 1. The molecule has 1 N–H and O–H groups in total. The van der Waals surface area contributed by atoms with E-state index in [1.807, 2.05) is 18.7 Å². The zero-order valence-corrected chi connectivity index (χ0v) is 15.1. The van der Waals surface area contributed by atoms with E-state index in [-0.39, 0.29) is 11.9 Å². The van der Waals surface area contributed by atoms with Gasteiger partial charge in [0.15, 0.2) is 5.82 Å². The highest BCUT2D eigenvalue weighted by Crippen LogP contribution is 2.33. The summed E-state index contributed by atoms with van der Waals surface area (Å²) in [5.74, 6) is 2.25. The topological polar surface area (TPSA) is 79.7 Å². The summed E-state index contributed by atoms with van der Waals surface area (Å²) in [6.45, 7) is 5.71. The van der Waals surface area contributed by atoms with Crippen molar-refractivity contribution < 1.29 is 4.79 Å². The van der Waals surface area contributed by atoms with Crippen LogP contribution in [0.25, 0.3) is 0 Å². The molecule has 0 aliphatic carbocycles. The molecular weight excluding hydrogens is 316 g/mol. The van der Waals surface area contributed by atoms with Gasteiger partial charge >= 0.3 is 0 Å². The van der Waals surface area contributed by atoms with Gasteiger partial charge in [-0.1, -0.05) is 6.42 Å². The highest BCUT2D eigenvalue weighted by atomic mass is 16.2. The molecule has 1 atom stereocenters. The molecular formula is C18H26N6O. The molecule has 2 aromatic heterocycles. The van der Waals surface area contributed by atoms with Crippen molar-refractivity contribution in [2.45, 2.75) is 71.4 Å². The molecule has 1 saturated heterocycles. The number of aromatic nitrogens is 5. The van der Waals surface area contributed by atoms with Gasteiger partial charge in [-0.25, -0.2) is 0 Å². The third-order valence-electron chi connectivity index (χ3n) is 5.62.